The summed E-state index contributed by atoms with van der Waals surface area (Å²) in [5.74, 6) is -0.344. The quantitative estimate of drug-likeness (QED) is 0.837. The predicted molar refractivity (Wildman–Crippen MR) is 82.2 cm³/mol. The topological polar surface area (TPSA) is 80.9 Å². The fraction of sp³-hybridized carbons (Fsp3) is 0.385. The summed E-state index contributed by atoms with van der Waals surface area (Å²) in [6.07, 6.45) is 1.52. The molecule has 0 radical (unpaired) electrons. The Morgan fingerprint density at radius 1 is 1.52 bits per heavy atom. The molecule has 1 aromatic heterocycles. The van der Waals surface area contributed by atoms with Crippen molar-refractivity contribution in [2.45, 2.75) is 32.2 Å². The lowest BCUT2D eigenvalue weighted by atomic mass is 10.1. The first-order chi connectivity index (χ1) is 10.0. The second-order valence-corrected chi connectivity index (χ2v) is 5.90. The third kappa shape index (κ3) is 3.79. The lowest BCUT2D eigenvalue weighted by Gasteiger charge is -2.16. The monoisotopic (exact) mass is 372 g/mol. The molecule has 1 atom stereocenters. The van der Waals surface area contributed by atoms with Gasteiger partial charge in [0, 0.05) is 15.1 Å². The Kier molecular flexibility index (Phi) is 5.30. The summed E-state index contributed by atoms with van der Waals surface area (Å²) in [6, 6.07) is 5.02. The molecule has 0 saturated carbocycles. The van der Waals surface area contributed by atoms with Crippen LogP contribution in [-0.2, 0) is 4.79 Å². The van der Waals surface area contributed by atoms with Crippen LogP contribution in [0.2, 0.25) is 5.02 Å². The van der Waals surface area contributed by atoms with Gasteiger partial charge in [-0.05, 0) is 51.0 Å². The van der Waals surface area contributed by atoms with E-state index >= 15 is 0 Å². The van der Waals surface area contributed by atoms with Gasteiger partial charge in [-0.25, -0.2) is 4.68 Å². The van der Waals surface area contributed by atoms with E-state index in [0.29, 0.717) is 17.3 Å². The van der Waals surface area contributed by atoms with Crippen LogP contribution in [0.3, 0.4) is 0 Å². The lowest BCUT2D eigenvalue weighted by Crippen LogP contribution is -2.16. The molecule has 0 amide bonds. The summed E-state index contributed by atoms with van der Waals surface area (Å²) < 4.78 is 2.34. The SMILES string of the molecule is CCCC(CC(=O)O)n1nnnc1-c1ccc(Cl)cc1Br. The molecule has 0 bridgehead atoms. The highest BCUT2D eigenvalue weighted by atomic mass is 79.9. The van der Waals surface area contributed by atoms with E-state index in [1.165, 1.54) is 0 Å². The van der Waals surface area contributed by atoms with Crippen LogP contribution in [0.4, 0.5) is 0 Å². The number of aliphatic carboxylic acids is 1. The van der Waals surface area contributed by atoms with E-state index < -0.39 is 5.97 Å². The molecule has 6 nitrogen and oxygen atoms in total. The summed E-state index contributed by atoms with van der Waals surface area (Å²) in [5, 5.41) is 21.3. The maximum absolute atomic E-state index is 11.0. The average molecular weight is 374 g/mol. The van der Waals surface area contributed by atoms with Crippen LogP contribution in [0, 0.1) is 0 Å². The number of carboxylic acid groups (broad SMARTS) is 1. The van der Waals surface area contributed by atoms with Gasteiger partial charge in [-0.15, -0.1) is 5.10 Å². The molecule has 2 aromatic rings. The first-order valence-corrected chi connectivity index (χ1v) is 7.65. The Balaban J connectivity index is 2.42. The highest BCUT2D eigenvalue weighted by Gasteiger charge is 2.21. The Morgan fingerprint density at radius 3 is 2.90 bits per heavy atom. The fourth-order valence-corrected chi connectivity index (χ4v) is 2.99. The van der Waals surface area contributed by atoms with Gasteiger partial charge in [-0.2, -0.15) is 0 Å². The van der Waals surface area contributed by atoms with Crippen LogP contribution in [-0.4, -0.2) is 31.3 Å². The summed E-state index contributed by atoms with van der Waals surface area (Å²) in [4.78, 5) is 11.0. The standard InChI is InChI=1S/C13H14BrClN4O2/c1-2-3-9(7-12(20)21)19-13(16-17-18-19)10-5-4-8(15)6-11(10)14/h4-6,9H,2-3,7H2,1H3,(H,20,21). The van der Waals surface area contributed by atoms with Crippen LogP contribution in [0.25, 0.3) is 11.4 Å². The smallest absolute Gasteiger partial charge is 0.305 e. The number of carboxylic acids is 1. The zero-order valence-electron chi connectivity index (χ0n) is 11.3. The van der Waals surface area contributed by atoms with Crippen LogP contribution in [0.15, 0.2) is 22.7 Å². The van der Waals surface area contributed by atoms with Gasteiger partial charge >= 0.3 is 5.97 Å². The van der Waals surface area contributed by atoms with Crippen LogP contribution < -0.4 is 0 Å². The number of halogens is 2. The van der Waals surface area contributed by atoms with E-state index in [1.54, 1.807) is 22.9 Å². The van der Waals surface area contributed by atoms with Gasteiger partial charge in [-0.1, -0.05) is 24.9 Å². The third-order valence-corrected chi connectivity index (χ3v) is 3.93. The third-order valence-electron chi connectivity index (χ3n) is 3.04. The van der Waals surface area contributed by atoms with Gasteiger partial charge in [0.2, 0.25) is 0 Å². The minimum Gasteiger partial charge on any atom is -0.481 e. The first kappa shape index (κ1) is 15.9. The number of hydrogen-bond acceptors (Lipinski definition) is 4. The van der Waals surface area contributed by atoms with Gasteiger partial charge in [0.15, 0.2) is 5.82 Å². The maximum atomic E-state index is 11.0. The minimum atomic E-state index is -0.870. The lowest BCUT2D eigenvalue weighted by molar-refractivity contribution is -0.138. The number of hydrogen-bond donors (Lipinski definition) is 1. The Morgan fingerprint density at radius 2 is 2.29 bits per heavy atom. The summed E-state index contributed by atoms with van der Waals surface area (Å²) in [6.45, 7) is 2.00. The van der Waals surface area contributed by atoms with Gasteiger partial charge in [0.25, 0.3) is 0 Å². The molecule has 21 heavy (non-hydrogen) atoms. The number of benzene rings is 1. The number of carbonyl (C=O) groups is 1. The molecule has 0 aliphatic carbocycles. The predicted octanol–water partition coefficient (Wildman–Crippen LogP) is 3.57. The highest BCUT2D eigenvalue weighted by Crippen LogP contribution is 2.31. The second-order valence-electron chi connectivity index (χ2n) is 4.61. The Bertz CT molecular complexity index is 647. The van der Waals surface area contributed by atoms with Crippen molar-refractivity contribution in [1.82, 2.24) is 20.2 Å². The normalized spacial score (nSPS) is 12.3. The van der Waals surface area contributed by atoms with E-state index in [1.807, 2.05) is 6.92 Å². The van der Waals surface area contributed by atoms with E-state index in [0.717, 1.165) is 16.5 Å². The molecule has 0 aliphatic heterocycles. The summed E-state index contributed by atoms with van der Waals surface area (Å²) in [7, 11) is 0. The molecule has 2 rings (SSSR count). The number of nitrogens with zero attached hydrogens (tertiary/aromatic N) is 4. The molecule has 1 unspecified atom stereocenters. The van der Waals surface area contributed by atoms with Crippen LogP contribution in [0.1, 0.15) is 32.2 Å². The molecule has 8 heteroatoms. The number of tetrazole rings is 1. The Labute approximate surface area is 135 Å². The van der Waals surface area contributed by atoms with Crippen LogP contribution in [0.5, 0.6) is 0 Å². The molecule has 0 spiro atoms. The Hall–Kier alpha value is -1.47. The highest BCUT2D eigenvalue weighted by molar-refractivity contribution is 9.10. The van der Waals surface area contributed by atoms with E-state index in [-0.39, 0.29) is 12.5 Å². The molecule has 112 valence electrons. The fourth-order valence-electron chi connectivity index (χ4n) is 2.13. The second kappa shape index (κ2) is 7.00. The molecule has 0 saturated heterocycles. The minimum absolute atomic E-state index is 0.0168. The molecule has 0 aliphatic rings. The van der Waals surface area contributed by atoms with Gasteiger partial charge in [-0.3, -0.25) is 4.79 Å². The molecule has 0 fully saturated rings. The zero-order valence-corrected chi connectivity index (χ0v) is 13.7. The summed E-state index contributed by atoms with van der Waals surface area (Å²) in [5.41, 5.74) is 0.774. The van der Waals surface area contributed by atoms with Gasteiger partial charge in [0.1, 0.15) is 0 Å². The van der Waals surface area contributed by atoms with Crippen molar-refractivity contribution < 1.29 is 9.90 Å². The van der Waals surface area contributed by atoms with Gasteiger partial charge < -0.3 is 5.11 Å². The number of aromatic nitrogens is 4. The molecule has 1 aromatic carbocycles. The van der Waals surface area contributed by atoms with E-state index in [4.69, 9.17) is 16.7 Å². The number of rotatable bonds is 6. The van der Waals surface area contributed by atoms with Gasteiger partial charge in [0.05, 0.1) is 12.5 Å². The van der Waals surface area contributed by atoms with Crippen molar-refractivity contribution in [3.8, 4) is 11.4 Å². The van der Waals surface area contributed by atoms with Crippen molar-refractivity contribution in [3.63, 3.8) is 0 Å². The molecular weight excluding hydrogens is 360 g/mol. The van der Waals surface area contributed by atoms with Crippen LogP contribution >= 0.6 is 27.5 Å². The average Bonchev–Trinajstić information content (AvgIpc) is 2.86. The maximum Gasteiger partial charge on any atom is 0.305 e. The molecular formula is C13H14BrClN4O2. The first-order valence-electron chi connectivity index (χ1n) is 6.48. The van der Waals surface area contributed by atoms with E-state index in [2.05, 4.69) is 31.5 Å². The van der Waals surface area contributed by atoms with E-state index in [9.17, 15) is 4.79 Å². The van der Waals surface area contributed by atoms with Crippen molar-refractivity contribution in [1.29, 1.82) is 0 Å². The zero-order chi connectivity index (χ0) is 15.4. The van der Waals surface area contributed by atoms with Crippen molar-refractivity contribution in [3.05, 3.63) is 27.7 Å². The molecule has 1 N–H and O–H groups in total. The molecule has 1 heterocycles. The van der Waals surface area contributed by atoms with Crippen molar-refractivity contribution >= 4 is 33.5 Å². The van der Waals surface area contributed by atoms with Crippen molar-refractivity contribution in [2.24, 2.45) is 0 Å². The largest absolute Gasteiger partial charge is 0.481 e. The van der Waals surface area contributed by atoms with Crippen molar-refractivity contribution in [2.75, 3.05) is 0 Å². The summed E-state index contributed by atoms with van der Waals surface area (Å²) >= 11 is 9.37.